The molecule has 0 saturated carbocycles. The monoisotopic (exact) mass is 451 g/mol. The molecule has 32 heavy (non-hydrogen) atoms. The van der Waals surface area contributed by atoms with Crippen LogP contribution in [0.3, 0.4) is 0 Å². The number of aliphatic hydroxyl groups excluding tert-OH is 1. The van der Waals surface area contributed by atoms with Gasteiger partial charge in [-0.15, -0.1) is 0 Å². The second-order valence-corrected chi connectivity index (χ2v) is 7.17. The largest absolute Gasteiger partial charge is 0.480 e. The topological polar surface area (TPSA) is 214 Å². The zero-order valence-corrected chi connectivity index (χ0v) is 17.6. The van der Waals surface area contributed by atoms with Gasteiger partial charge in [0.1, 0.15) is 24.2 Å². The van der Waals surface area contributed by atoms with E-state index in [1.807, 2.05) is 0 Å². The zero-order chi connectivity index (χ0) is 24.3. The first-order valence-corrected chi connectivity index (χ1v) is 9.87. The minimum atomic E-state index is -1.38. The molecule has 0 aliphatic heterocycles. The summed E-state index contributed by atoms with van der Waals surface area (Å²) in [6.45, 7) is 0.753. The second-order valence-electron chi connectivity index (χ2n) is 7.17. The molecule has 0 heterocycles. The molecule has 1 rings (SSSR count). The first kappa shape index (κ1) is 26.5. The highest BCUT2D eigenvalue weighted by molar-refractivity contribution is 5.94. The van der Waals surface area contributed by atoms with Gasteiger partial charge in [0.05, 0.1) is 6.61 Å². The lowest BCUT2D eigenvalue weighted by molar-refractivity contribution is -0.142. The first-order valence-electron chi connectivity index (χ1n) is 9.87. The molecule has 0 fully saturated rings. The number of nitrogens with two attached hydrogens (primary N) is 2. The maximum absolute atomic E-state index is 12.8. The summed E-state index contributed by atoms with van der Waals surface area (Å²) in [5, 5.41) is 25.3. The van der Waals surface area contributed by atoms with Gasteiger partial charge in [-0.3, -0.25) is 19.2 Å². The maximum Gasteiger partial charge on any atom is 0.326 e. The third kappa shape index (κ3) is 9.10. The van der Waals surface area contributed by atoms with Gasteiger partial charge in [-0.25, -0.2) is 4.79 Å². The molecular weight excluding hydrogens is 422 g/mol. The summed E-state index contributed by atoms with van der Waals surface area (Å²) in [5.74, 6) is -4.34. The second kappa shape index (κ2) is 13.0. The van der Waals surface area contributed by atoms with Crippen molar-refractivity contribution in [1.29, 1.82) is 0 Å². The normalized spacial score (nSPS) is 14.3. The minimum absolute atomic E-state index is 0.0391. The van der Waals surface area contributed by atoms with Gasteiger partial charge >= 0.3 is 5.97 Å². The standard InChI is InChI=1S/C20H29N5O7/c1-11(23-18(29)13(21)10-26)17(28)25-15(9-12-5-3-2-4-6-12)19(30)24-14(20(31)32)7-8-16(22)27/h2-6,11,13-15,26H,7-10,21H2,1H3,(H2,22,27)(H,23,29)(H,24,30)(H,25,28)(H,31,32). The number of hydrogen-bond donors (Lipinski definition) is 7. The van der Waals surface area contributed by atoms with E-state index in [-0.39, 0.29) is 19.3 Å². The molecule has 4 atom stereocenters. The molecule has 0 radical (unpaired) electrons. The van der Waals surface area contributed by atoms with Crippen molar-refractivity contribution in [2.24, 2.45) is 11.5 Å². The van der Waals surface area contributed by atoms with Crippen LogP contribution in [0.15, 0.2) is 30.3 Å². The average Bonchev–Trinajstić information content (AvgIpc) is 2.75. The molecule has 0 aliphatic carbocycles. The number of carbonyl (C=O) groups is 5. The summed E-state index contributed by atoms with van der Waals surface area (Å²) in [6, 6.07) is 3.82. The molecule has 0 spiro atoms. The summed E-state index contributed by atoms with van der Waals surface area (Å²) < 4.78 is 0. The van der Waals surface area contributed by atoms with Crippen LogP contribution in [0.1, 0.15) is 25.3 Å². The smallest absolute Gasteiger partial charge is 0.326 e. The number of aliphatic carboxylic acids is 1. The van der Waals surface area contributed by atoms with Gasteiger partial charge in [-0.2, -0.15) is 0 Å². The van der Waals surface area contributed by atoms with Gasteiger partial charge in [0.15, 0.2) is 0 Å². The van der Waals surface area contributed by atoms with Crippen LogP contribution in [0.2, 0.25) is 0 Å². The number of aliphatic hydroxyl groups is 1. The fraction of sp³-hybridized carbons (Fsp3) is 0.450. The fourth-order valence-corrected chi connectivity index (χ4v) is 2.64. The highest BCUT2D eigenvalue weighted by atomic mass is 16.4. The minimum Gasteiger partial charge on any atom is -0.480 e. The van der Waals surface area contributed by atoms with Crippen LogP contribution in [0.5, 0.6) is 0 Å². The first-order chi connectivity index (χ1) is 15.0. The summed E-state index contributed by atoms with van der Waals surface area (Å²) in [6.07, 6.45) is -0.424. The van der Waals surface area contributed by atoms with E-state index >= 15 is 0 Å². The Hall–Kier alpha value is -3.51. The molecule has 0 aromatic heterocycles. The van der Waals surface area contributed by atoms with Gasteiger partial charge in [-0.05, 0) is 18.9 Å². The van der Waals surface area contributed by atoms with E-state index in [2.05, 4.69) is 16.0 Å². The van der Waals surface area contributed by atoms with Crippen molar-refractivity contribution in [2.75, 3.05) is 6.61 Å². The number of carbonyl (C=O) groups excluding carboxylic acids is 4. The molecule has 176 valence electrons. The third-order valence-electron chi connectivity index (χ3n) is 4.50. The molecule has 1 aromatic rings. The van der Waals surface area contributed by atoms with Crippen LogP contribution >= 0.6 is 0 Å². The zero-order valence-electron chi connectivity index (χ0n) is 17.6. The highest BCUT2D eigenvalue weighted by Crippen LogP contribution is 2.06. The number of benzene rings is 1. The van der Waals surface area contributed by atoms with Crippen LogP contribution < -0.4 is 27.4 Å². The fourth-order valence-electron chi connectivity index (χ4n) is 2.64. The number of primary amides is 1. The van der Waals surface area contributed by atoms with E-state index in [0.717, 1.165) is 0 Å². The van der Waals surface area contributed by atoms with Crippen molar-refractivity contribution in [1.82, 2.24) is 16.0 Å². The number of carboxylic acid groups (broad SMARTS) is 1. The van der Waals surface area contributed by atoms with Gasteiger partial charge in [0, 0.05) is 12.8 Å². The van der Waals surface area contributed by atoms with E-state index in [1.54, 1.807) is 30.3 Å². The Kier molecular flexibility index (Phi) is 10.8. The van der Waals surface area contributed by atoms with Crippen molar-refractivity contribution >= 4 is 29.6 Å². The number of carboxylic acids is 1. The molecule has 12 heteroatoms. The van der Waals surface area contributed by atoms with Crippen LogP contribution in [-0.4, -0.2) is 70.6 Å². The quantitative estimate of drug-likeness (QED) is 0.168. The van der Waals surface area contributed by atoms with Gasteiger partial charge in [-0.1, -0.05) is 30.3 Å². The maximum atomic E-state index is 12.8. The van der Waals surface area contributed by atoms with Crippen molar-refractivity contribution in [2.45, 2.75) is 50.4 Å². The lowest BCUT2D eigenvalue weighted by Gasteiger charge is -2.23. The molecule has 12 nitrogen and oxygen atoms in total. The molecule has 9 N–H and O–H groups in total. The van der Waals surface area contributed by atoms with E-state index in [0.29, 0.717) is 5.56 Å². The number of hydrogen-bond acceptors (Lipinski definition) is 7. The Morgan fingerprint density at radius 3 is 2.06 bits per heavy atom. The Morgan fingerprint density at radius 1 is 0.938 bits per heavy atom. The summed E-state index contributed by atoms with van der Waals surface area (Å²) in [5.41, 5.74) is 11.1. The van der Waals surface area contributed by atoms with Crippen LogP contribution in [-0.2, 0) is 30.4 Å². The Morgan fingerprint density at radius 2 is 1.53 bits per heavy atom. The van der Waals surface area contributed by atoms with E-state index in [9.17, 15) is 29.1 Å². The predicted molar refractivity (Wildman–Crippen MR) is 113 cm³/mol. The molecule has 4 amide bonds. The molecule has 0 bridgehead atoms. The van der Waals surface area contributed by atoms with E-state index < -0.39 is 60.4 Å². The lowest BCUT2D eigenvalue weighted by atomic mass is 10.0. The number of amides is 4. The van der Waals surface area contributed by atoms with E-state index in [4.69, 9.17) is 16.6 Å². The van der Waals surface area contributed by atoms with E-state index in [1.165, 1.54) is 6.92 Å². The van der Waals surface area contributed by atoms with Crippen molar-refractivity contribution < 1.29 is 34.2 Å². The van der Waals surface area contributed by atoms with Crippen LogP contribution in [0, 0.1) is 0 Å². The van der Waals surface area contributed by atoms with Gasteiger partial charge in [0.2, 0.25) is 23.6 Å². The summed E-state index contributed by atoms with van der Waals surface area (Å²) in [4.78, 5) is 59.5. The van der Waals surface area contributed by atoms with Crippen molar-refractivity contribution in [3.05, 3.63) is 35.9 Å². The molecule has 4 unspecified atom stereocenters. The van der Waals surface area contributed by atoms with Crippen LogP contribution in [0.4, 0.5) is 0 Å². The lowest BCUT2D eigenvalue weighted by Crippen LogP contribution is -2.57. The average molecular weight is 451 g/mol. The SMILES string of the molecule is CC(NC(=O)C(N)CO)C(=O)NC(Cc1ccccc1)C(=O)NC(CCC(N)=O)C(=O)O. The van der Waals surface area contributed by atoms with Crippen molar-refractivity contribution in [3.8, 4) is 0 Å². The Balaban J connectivity index is 2.95. The summed E-state index contributed by atoms with van der Waals surface area (Å²) in [7, 11) is 0. The van der Waals surface area contributed by atoms with Gasteiger partial charge in [0.25, 0.3) is 0 Å². The third-order valence-corrected chi connectivity index (χ3v) is 4.50. The van der Waals surface area contributed by atoms with Crippen molar-refractivity contribution in [3.63, 3.8) is 0 Å². The Bertz CT molecular complexity index is 818. The highest BCUT2D eigenvalue weighted by Gasteiger charge is 2.29. The number of rotatable bonds is 13. The molecule has 0 aliphatic rings. The molecular formula is C20H29N5O7. The predicted octanol–water partition coefficient (Wildman–Crippen LogP) is -2.63. The van der Waals surface area contributed by atoms with Gasteiger partial charge < -0.3 is 37.6 Å². The molecule has 1 aromatic carbocycles. The van der Waals surface area contributed by atoms with Crippen LogP contribution in [0.25, 0.3) is 0 Å². The molecule has 0 saturated heterocycles. The Labute approximate surface area is 184 Å². The summed E-state index contributed by atoms with van der Waals surface area (Å²) >= 11 is 0. The number of nitrogens with one attached hydrogen (secondary N) is 3.